The van der Waals surface area contributed by atoms with E-state index in [1.165, 1.54) is 5.56 Å². The summed E-state index contributed by atoms with van der Waals surface area (Å²) in [4.78, 5) is 15.5. The Hall–Kier alpha value is -2.21. The SMILES string of the molecule is NCCC1CCCc2c1c(-c1cccnc1)nn2CC(N)=O. The first kappa shape index (κ1) is 14.7. The van der Waals surface area contributed by atoms with E-state index in [1.807, 2.05) is 18.3 Å². The van der Waals surface area contributed by atoms with Gasteiger partial charge in [-0.3, -0.25) is 14.5 Å². The van der Waals surface area contributed by atoms with E-state index in [9.17, 15) is 4.79 Å². The highest BCUT2D eigenvalue weighted by Crippen LogP contribution is 2.39. The summed E-state index contributed by atoms with van der Waals surface area (Å²) in [5.41, 5.74) is 15.4. The molecule has 0 bridgehead atoms. The number of fused-ring (bicyclic) bond motifs is 1. The third-order valence-corrected chi connectivity index (χ3v) is 4.23. The smallest absolute Gasteiger partial charge is 0.239 e. The van der Waals surface area contributed by atoms with Crippen molar-refractivity contribution in [2.45, 2.75) is 38.1 Å². The van der Waals surface area contributed by atoms with Crippen LogP contribution >= 0.6 is 0 Å². The lowest BCUT2D eigenvalue weighted by molar-refractivity contribution is -0.118. The lowest BCUT2D eigenvalue weighted by Gasteiger charge is -2.23. The first-order valence-corrected chi connectivity index (χ1v) is 7.69. The van der Waals surface area contributed by atoms with Crippen LogP contribution in [-0.2, 0) is 17.8 Å². The summed E-state index contributed by atoms with van der Waals surface area (Å²) in [6, 6.07) is 3.90. The number of nitrogens with two attached hydrogens (primary N) is 2. The molecule has 1 aliphatic rings. The average molecular weight is 299 g/mol. The Labute approximate surface area is 129 Å². The van der Waals surface area contributed by atoms with Gasteiger partial charge in [0, 0.05) is 29.2 Å². The number of nitrogens with zero attached hydrogens (tertiary/aromatic N) is 3. The topological polar surface area (TPSA) is 99.8 Å². The first-order chi connectivity index (χ1) is 10.7. The Balaban J connectivity index is 2.12. The summed E-state index contributed by atoms with van der Waals surface area (Å²) < 4.78 is 1.77. The van der Waals surface area contributed by atoms with Crippen LogP contribution in [0.2, 0.25) is 0 Å². The largest absolute Gasteiger partial charge is 0.368 e. The van der Waals surface area contributed by atoms with E-state index in [1.54, 1.807) is 10.9 Å². The molecule has 1 amide bonds. The molecule has 6 heteroatoms. The maximum atomic E-state index is 11.3. The van der Waals surface area contributed by atoms with Crippen molar-refractivity contribution in [3.8, 4) is 11.3 Å². The van der Waals surface area contributed by atoms with E-state index in [4.69, 9.17) is 11.5 Å². The molecule has 2 aromatic rings. The molecule has 0 saturated heterocycles. The van der Waals surface area contributed by atoms with Crippen LogP contribution < -0.4 is 11.5 Å². The molecule has 2 aromatic heterocycles. The van der Waals surface area contributed by atoms with Crippen molar-refractivity contribution in [3.63, 3.8) is 0 Å². The Kier molecular flexibility index (Phi) is 4.20. The van der Waals surface area contributed by atoms with Gasteiger partial charge in [-0.15, -0.1) is 0 Å². The molecule has 0 aliphatic heterocycles. The van der Waals surface area contributed by atoms with Gasteiger partial charge >= 0.3 is 0 Å². The van der Waals surface area contributed by atoms with Gasteiger partial charge in [0.25, 0.3) is 0 Å². The van der Waals surface area contributed by atoms with Crippen LogP contribution in [-0.4, -0.2) is 27.2 Å². The normalized spacial score (nSPS) is 17.2. The number of primary amides is 1. The predicted octanol–water partition coefficient (Wildman–Crippen LogP) is 1.20. The minimum absolute atomic E-state index is 0.123. The molecule has 0 radical (unpaired) electrons. The van der Waals surface area contributed by atoms with Crippen LogP contribution in [0, 0.1) is 0 Å². The summed E-state index contributed by atoms with van der Waals surface area (Å²) in [7, 11) is 0. The van der Waals surface area contributed by atoms with E-state index < -0.39 is 0 Å². The molecule has 0 spiro atoms. The second-order valence-electron chi connectivity index (χ2n) is 5.74. The maximum Gasteiger partial charge on any atom is 0.239 e. The van der Waals surface area contributed by atoms with Crippen LogP contribution in [0.1, 0.15) is 36.4 Å². The Morgan fingerprint density at radius 1 is 1.45 bits per heavy atom. The summed E-state index contributed by atoms with van der Waals surface area (Å²) >= 11 is 0. The summed E-state index contributed by atoms with van der Waals surface area (Å²) in [6.45, 7) is 0.773. The van der Waals surface area contributed by atoms with Crippen LogP contribution in [0.15, 0.2) is 24.5 Å². The van der Waals surface area contributed by atoms with Gasteiger partial charge in [0.2, 0.25) is 5.91 Å². The number of carbonyl (C=O) groups is 1. The number of carbonyl (C=O) groups excluding carboxylic acids is 1. The Morgan fingerprint density at radius 3 is 3.00 bits per heavy atom. The molecule has 0 aromatic carbocycles. The fourth-order valence-electron chi connectivity index (χ4n) is 3.35. The second-order valence-corrected chi connectivity index (χ2v) is 5.74. The van der Waals surface area contributed by atoms with Crippen molar-refractivity contribution in [1.82, 2.24) is 14.8 Å². The van der Waals surface area contributed by atoms with Gasteiger partial charge in [-0.05, 0) is 50.3 Å². The fourth-order valence-corrected chi connectivity index (χ4v) is 3.35. The standard InChI is InChI=1S/C16H21N5O/c17-7-6-11-3-1-5-13-15(11)16(12-4-2-8-19-9-12)20-21(13)10-14(18)22/h2,4,8-9,11H,1,3,5-7,10,17H2,(H2,18,22). The molecule has 22 heavy (non-hydrogen) atoms. The van der Waals surface area contributed by atoms with Crippen molar-refractivity contribution in [2.24, 2.45) is 11.5 Å². The lowest BCUT2D eigenvalue weighted by Crippen LogP contribution is -2.22. The molecule has 0 saturated carbocycles. The van der Waals surface area contributed by atoms with E-state index in [-0.39, 0.29) is 12.5 Å². The molecule has 1 unspecified atom stereocenters. The number of hydrogen-bond acceptors (Lipinski definition) is 4. The maximum absolute atomic E-state index is 11.3. The Morgan fingerprint density at radius 2 is 2.32 bits per heavy atom. The minimum atomic E-state index is -0.371. The molecular formula is C16H21N5O. The fraction of sp³-hybridized carbons (Fsp3) is 0.438. The van der Waals surface area contributed by atoms with Crippen molar-refractivity contribution >= 4 is 5.91 Å². The van der Waals surface area contributed by atoms with Gasteiger partial charge in [-0.1, -0.05) is 0 Å². The summed E-state index contributed by atoms with van der Waals surface area (Å²) in [5, 5.41) is 4.67. The summed E-state index contributed by atoms with van der Waals surface area (Å²) in [5.74, 6) is 0.0227. The third-order valence-electron chi connectivity index (χ3n) is 4.23. The van der Waals surface area contributed by atoms with Gasteiger partial charge in [0.15, 0.2) is 0 Å². The van der Waals surface area contributed by atoms with Crippen LogP contribution in [0.25, 0.3) is 11.3 Å². The van der Waals surface area contributed by atoms with E-state index in [2.05, 4.69) is 10.1 Å². The zero-order valence-electron chi connectivity index (χ0n) is 12.5. The highest BCUT2D eigenvalue weighted by atomic mass is 16.1. The second kappa shape index (κ2) is 6.27. The molecule has 4 N–H and O–H groups in total. The highest BCUT2D eigenvalue weighted by Gasteiger charge is 2.29. The number of amides is 1. The van der Waals surface area contributed by atoms with Gasteiger partial charge < -0.3 is 11.5 Å². The van der Waals surface area contributed by atoms with Crippen molar-refractivity contribution in [2.75, 3.05) is 6.54 Å². The number of pyridine rings is 1. The molecule has 0 fully saturated rings. The van der Waals surface area contributed by atoms with E-state index >= 15 is 0 Å². The average Bonchev–Trinajstić information content (AvgIpc) is 2.88. The van der Waals surface area contributed by atoms with Crippen LogP contribution in [0.3, 0.4) is 0 Å². The lowest BCUT2D eigenvalue weighted by atomic mass is 9.82. The highest BCUT2D eigenvalue weighted by molar-refractivity contribution is 5.74. The third kappa shape index (κ3) is 2.74. The number of hydrogen-bond donors (Lipinski definition) is 2. The van der Waals surface area contributed by atoms with Gasteiger partial charge in [0.05, 0.1) is 5.69 Å². The van der Waals surface area contributed by atoms with Crippen molar-refractivity contribution in [1.29, 1.82) is 0 Å². The van der Waals surface area contributed by atoms with E-state index in [0.29, 0.717) is 12.5 Å². The molecule has 116 valence electrons. The molecular weight excluding hydrogens is 278 g/mol. The van der Waals surface area contributed by atoms with Crippen molar-refractivity contribution in [3.05, 3.63) is 35.8 Å². The predicted molar refractivity (Wildman–Crippen MR) is 84.0 cm³/mol. The van der Waals surface area contributed by atoms with Crippen LogP contribution in [0.5, 0.6) is 0 Å². The first-order valence-electron chi connectivity index (χ1n) is 7.69. The monoisotopic (exact) mass is 299 g/mol. The van der Waals surface area contributed by atoms with Crippen LogP contribution in [0.4, 0.5) is 0 Å². The zero-order valence-corrected chi connectivity index (χ0v) is 12.5. The van der Waals surface area contributed by atoms with E-state index in [0.717, 1.165) is 42.6 Å². The summed E-state index contributed by atoms with van der Waals surface area (Å²) in [6.07, 6.45) is 7.62. The number of rotatable bonds is 5. The Bertz CT molecular complexity index is 665. The molecule has 3 rings (SSSR count). The molecule has 6 nitrogen and oxygen atoms in total. The van der Waals surface area contributed by atoms with Gasteiger partial charge in [-0.2, -0.15) is 5.10 Å². The minimum Gasteiger partial charge on any atom is -0.368 e. The zero-order chi connectivity index (χ0) is 15.5. The number of aromatic nitrogens is 3. The molecule has 2 heterocycles. The van der Waals surface area contributed by atoms with Gasteiger partial charge in [0.1, 0.15) is 6.54 Å². The van der Waals surface area contributed by atoms with Crippen molar-refractivity contribution < 1.29 is 4.79 Å². The quantitative estimate of drug-likeness (QED) is 0.866. The molecule has 1 atom stereocenters. The van der Waals surface area contributed by atoms with Gasteiger partial charge in [-0.25, -0.2) is 0 Å². The molecule has 1 aliphatic carbocycles.